The predicted octanol–water partition coefficient (Wildman–Crippen LogP) is 3.18. The third-order valence-corrected chi connectivity index (χ3v) is 6.34. The maximum absolute atomic E-state index is 14.1. The number of amides is 4. The molecule has 2 rings (SSSR count). The van der Waals surface area contributed by atoms with Crippen molar-refractivity contribution in [2.75, 3.05) is 26.2 Å². The number of carbonyl (C=O) groups excluding carboxylic acids is 4. The number of nitrogens with one attached hydrogen (secondary N) is 2. The van der Waals surface area contributed by atoms with E-state index in [9.17, 15) is 24.4 Å². The van der Waals surface area contributed by atoms with Gasteiger partial charge in [0, 0.05) is 24.7 Å². The standard InChI is InChI=1S/C26H39ClN4O6/c1-7-19(22(32)29-36)21(17-8-10-18(27)11-9-17)24(34)31-13-12-30(25(35)37-26(4,5)6)15-20(31)23(33)28-14-16(2)3/h8-11,16,19-21,36H,7,12-15H2,1-6H3,(H,28,33)(H,29,32)/t19-,20?,21+/m0/s1. The lowest BCUT2D eigenvalue weighted by Gasteiger charge is -2.42. The molecule has 4 amide bonds. The molecule has 1 aromatic rings. The summed E-state index contributed by atoms with van der Waals surface area (Å²) in [5.74, 6) is -3.26. The minimum atomic E-state index is -0.989. The van der Waals surface area contributed by atoms with Crippen LogP contribution in [0.4, 0.5) is 4.79 Å². The molecule has 3 atom stereocenters. The van der Waals surface area contributed by atoms with Crippen molar-refractivity contribution in [2.45, 2.75) is 65.5 Å². The number of benzene rings is 1. The maximum Gasteiger partial charge on any atom is 0.410 e. The first-order valence-electron chi connectivity index (χ1n) is 12.5. The van der Waals surface area contributed by atoms with Gasteiger partial charge in [-0.25, -0.2) is 10.3 Å². The van der Waals surface area contributed by atoms with Crippen LogP contribution in [-0.4, -0.2) is 76.6 Å². The number of hydrogen-bond acceptors (Lipinski definition) is 6. The van der Waals surface area contributed by atoms with Crippen LogP contribution in [0.2, 0.25) is 5.02 Å². The molecule has 1 fully saturated rings. The predicted molar refractivity (Wildman–Crippen MR) is 139 cm³/mol. The Bertz CT molecular complexity index is 963. The fourth-order valence-electron chi connectivity index (χ4n) is 4.24. The van der Waals surface area contributed by atoms with Crippen molar-refractivity contribution in [3.8, 4) is 0 Å². The number of carbonyl (C=O) groups is 4. The van der Waals surface area contributed by atoms with Crippen LogP contribution in [0.5, 0.6) is 0 Å². The Morgan fingerprint density at radius 1 is 1.14 bits per heavy atom. The minimum absolute atomic E-state index is 0.0547. The van der Waals surface area contributed by atoms with E-state index in [0.717, 1.165) is 0 Å². The molecule has 0 aliphatic carbocycles. The van der Waals surface area contributed by atoms with Crippen molar-refractivity contribution < 1.29 is 29.1 Å². The van der Waals surface area contributed by atoms with Crippen molar-refractivity contribution in [2.24, 2.45) is 11.8 Å². The molecule has 206 valence electrons. The van der Waals surface area contributed by atoms with Gasteiger partial charge in [-0.3, -0.25) is 19.6 Å². The molecule has 11 heteroatoms. The summed E-state index contributed by atoms with van der Waals surface area (Å²) in [6, 6.07) is 5.56. The second-order valence-corrected chi connectivity index (χ2v) is 11.1. The van der Waals surface area contributed by atoms with Gasteiger partial charge >= 0.3 is 6.09 Å². The van der Waals surface area contributed by atoms with E-state index in [0.29, 0.717) is 17.1 Å². The SMILES string of the molecule is CC[C@H](C(=O)NO)[C@H](C(=O)N1CCN(C(=O)OC(C)(C)C)CC1C(=O)NCC(C)C)c1ccc(Cl)cc1. The quantitative estimate of drug-likeness (QED) is 0.344. The zero-order chi connectivity index (χ0) is 27.9. The smallest absolute Gasteiger partial charge is 0.410 e. The summed E-state index contributed by atoms with van der Waals surface area (Å²) in [6.07, 6.45) is -0.311. The van der Waals surface area contributed by atoms with E-state index in [1.54, 1.807) is 57.4 Å². The first kappa shape index (κ1) is 30.4. The second kappa shape index (κ2) is 13.1. The van der Waals surface area contributed by atoms with Gasteiger partial charge < -0.3 is 19.9 Å². The molecule has 1 aliphatic heterocycles. The van der Waals surface area contributed by atoms with Crippen molar-refractivity contribution >= 4 is 35.4 Å². The summed E-state index contributed by atoms with van der Waals surface area (Å²) in [5.41, 5.74) is 1.47. The summed E-state index contributed by atoms with van der Waals surface area (Å²) in [6.45, 7) is 11.5. The lowest BCUT2D eigenvalue weighted by atomic mass is 9.82. The molecular weight excluding hydrogens is 500 g/mol. The summed E-state index contributed by atoms with van der Waals surface area (Å²) < 4.78 is 5.49. The van der Waals surface area contributed by atoms with Gasteiger partial charge in [0.05, 0.1) is 18.4 Å². The fraction of sp³-hybridized carbons (Fsp3) is 0.615. The molecule has 10 nitrogen and oxygen atoms in total. The molecule has 0 bridgehead atoms. The van der Waals surface area contributed by atoms with Crippen LogP contribution in [-0.2, 0) is 19.1 Å². The van der Waals surface area contributed by atoms with Gasteiger partial charge in [0.25, 0.3) is 0 Å². The average Bonchev–Trinajstić information content (AvgIpc) is 2.84. The number of hydrogen-bond donors (Lipinski definition) is 3. The summed E-state index contributed by atoms with van der Waals surface area (Å²) in [7, 11) is 0. The van der Waals surface area contributed by atoms with Crippen LogP contribution in [0.15, 0.2) is 24.3 Å². The lowest BCUT2D eigenvalue weighted by Crippen LogP contribution is -2.63. The van der Waals surface area contributed by atoms with Gasteiger partial charge in [-0.1, -0.05) is 44.5 Å². The minimum Gasteiger partial charge on any atom is -0.444 e. The van der Waals surface area contributed by atoms with Crippen molar-refractivity contribution in [1.29, 1.82) is 0 Å². The first-order chi connectivity index (χ1) is 17.3. The number of piperazine rings is 1. The van der Waals surface area contributed by atoms with Crippen LogP contribution in [0, 0.1) is 11.8 Å². The topological polar surface area (TPSA) is 128 Å². The van der Waals surface area contributed by atoms with Crippen LogP contribution in [0.3, 0.4) is 0 Å². The van der Waals surface area contributed by atoms with Crippen molar-refractivity contribution in [3.05, 3.63) is 34.9 Å². The first-order valence-corrected chi connectivity index (χ1v) is 12.9. The lowest BCUT2D eigenvalue weighted by molar-refractivity contribution is -0.148. The number of halogens is 1. The molecule has 0 saturated carbocycles. The Hall–Kier alpha value is -2.85. The molecule has 37 heavy (non-hydrogen) atoms. The Morgan fingerprint density at radius 3 is 2.27 bits per heavy atom. The Morgan fingerprint density at radius 2 is 1.76 bits per heavy atom. The van der Waals surface area contributed by atoms with Crippen LogP contribution in [0.1, 0.15) is 59.4 Å². The average molecular weight is 539 g/mol. The van der Waals surface area contributed by atoms with E-state index in [-0.39, 0.29) is 32.0 Å². The second-order valence-electron chi connectivity index (χ2n) is 10.6. The number of hydroxylamine groups is 1. The zero-order valence-electron chi connectivity index (χ0n) is 22.4. The normalized spacial score (nSPS) is 17.7. The Labute approximate surface area is 223 Å². The maximum atomic E-state index is 14.1. The molecular formula is C26H39ClN4O6. The Kier molecular flexibility index (Phi) is 10.8. The van der Waals surface area contributed by atoms with Crippen molar-refractivity contribution in [1.82, 2.24) is 20.6 Å². The summed E-state index contributed by atoms with van der Waals surface area (Å²) in [4.78, 5) is 55.5. The van der Waals surface area contributed by atoms with E-state index < -0.39 is 47.3 Å². The molecule has 1 unspecified atom stereocenters. The van der Waals surface area contributed by atoms with E-state index >= 15 is 0 Å². The number of ether oxygens (including phenoxy) is 1. The molecule has 0 radical (unpaired) electrons. The van der Waals surface area contributed by atoms with Gasteiger partial charge in [0.2, 0.25) is 17.7 Å². The summed E-state index contributed by atoms with van der Waals surface area (Å²) in [5, 5.41) is 12.7. The molecule has 0 aromatic heterocycles. The third-order valence-electron chi connectivity index (χ3n) is 6.09. The highest BCUT2D eigenvalue weighted by molar-refractivity contribution is 6.30. The Balaban J connectivity index is 2.45. The molecule has 1 heterocycles. The molecule has 3 N–H and O–H groups in total. The molecule has 1 saturated heterocycles. The van der Waals surface area contributed by atoms with Crippen molar-refractivity contribution in [3.63, 3.8) is 0 Å². The highest BCUT2D eigenvalue weighted by atomic mass is 35.5. The monoisotopic (exact) mass is 538 g/mol. The van der Waals surface area contributed by atoms with Gasteiger partial charge in [-0.2, -0.15) is 0 Å². The number of nitrogens with zero attached hydrogens (tertiary/aromatic N) is 2. The molecule has 1 aromatic carbocycles. The van der Waals surface area contributed by atoms with Crippen LogP contribution >= 0.6 is 11.6 Å². The zero-order valence-corrected chi connectivity index (χ0v) is 23.2. The fourth-order valence-corrected chi connectivity index (χ4v) is 4.36. The molecule has 0 spiro atoms. The van der Waals surface area contributed by atoms with E-state index in [1.165, 1.54) is 9.80 Å². The van der Waals surface area contributed by atoms with E-state index in [2.05, 4.69) is 5.32 Å². The highest BCUT2D eigenvalue weighted by Crippen LogP contribution is 2.32. The molecule has 1 aliphatic rings. The van der Waals surface area contributed by atoms with E-state index in [1.807, 2.05) is 13.8 Å². The van der Waals surface area contributed by atoms with Gasteiger partial charge in [-0.05, 0) is 50.8 Å². The van der Waals surface area contributed by atoms with Gasteiger partial charge in [-0.15, -0.1) is 0 Å². The van der Waals surface area contributed by atoms with Gasteiger partial charge in [0.1, 0.15) is 11.6 Å². The number of rotatable bonds is 8. The van der Waals surface area contributed by atoms with E-state index in [4.69, 9.17) is 16.3 Å². The summed E-state index contributed by atoms with van der Waals surface area (Å²) >= 11 is 6.05. The van der Waals surface area contributed by atoms with Crippen LogP contribution < -0.4 is 10.8 Å². The largest absolute Gasteiger partial charge is 0.444 e. The van der Waals surface area contributed by atoms with Gasteiger partial charge in [0.15, 0.2) is 0 Å². The third kappa shape index (κ3) is 8.33. The van der Waals surface area contributed by atoms with Crippen LogP contribution in [0.25, 0.3) is 0 Å². The highest BCUT2D eigenvalue weighted by Gasteiger charge is 2.43.